The summed E-state index contributed by atoms with van der Waals surface area (Å²) in [5.41, 5.74) is 1.41. The molecule has 0 bridgehead atoms. The summed E-state index contributed by atoms with van der Waals surface area (Å²) in [6.45, 7) is 2.35. The number of rotatable bonds is 0. The number of phenolic OH excluding ortho intramolecular Hbond substituents is 2. The van der Waals surface area contributed by atoms with Gasteiger partial charge in [0.15, 0.2) is 0 Å². The average molecular weight is 258 g/mol. The SMILES string of the molecule is CC1COc2ccc(O)cc2-c2cc(O)ccc2O1. The fourth-order valence-electron chi connectivity index (χ4n) is 2.14. The van der Waals surface area contributed by atoms with Crippen molar-refractivity contribution in [3.05, 3.63) is 36.4 Å². The summed E-state index contributed by atoms with van der Waals surface area (Å²) in [7, 11) is 0. The van der Waals surface area contributed by atoms with Crippen LogP contribution in [0.1, 0.15) is 6.92 Å². The summed E-state index contributed by atoms with van der Waals surface area (Å²) < 4.78 is 11.4. The third-order valence-electron chi connectivity index (χ3n) is 3.02. The zero-order valence-corrected chi connectivity index (χ0v) is 10.5. The largest absolute Gasteiger partial charge is 0.508 e. The summed E-state index contributed by atoms with van der Waals surface area (Å²) in [6.07, 6.45) is -0.0924. The molecule has 1 aliphatic heterocycles. The maximum atomic E-state index is 9.65. The van der Waals surface area contributed by atoms with Gasteiger partial charge in [-0.05, 0) is 43.3 Å². The Morgan fingerprint density at radius 2 is 1.53 bits per heavy atom. The molecule has 0 amide bonds. The van der Waals surface area contributed by atoms with E-state index in [0.717, 1.165) is 0 Å². The van der Waals surface area contributed by atoms with Crippen LogP contribution < -0.4 is 9.47 Å². The molecule has 4 nitrogen and oxygen atoms in total. The van der Waals surface area contributed by atoms with Gasteiger partial charge in [-0.15, -0.1) is 0 Å². The zero-order valence-electron chi connectivity index (χ0n) is 10.5. The zero-order chi connectivity index (χ0) is 13.4. The molecule has 1 atom stereocenters. The van der Waals surface area contributed by atoms with Gasteiger partial charge < -0.3 is 19.7 Å². The maximum absolute atomic E-state index is 9.65. The van der Waals surface area contributed by atoms with Crippen LogP contribution in [0.15, 0.2) is 36.4 Å². The van der Waals surface area contributed by atoms with Crippen LogP contribution in [-0.4, -0.2) is 22.9 Å². The number of hydrogen-bond acceptors (Lipinski definition) is 4. The Hall–Kier alpha value is -2.36. The number of fused-ring (bicyclic) bond motifs is 3. The summed E-state index contributed by atoms with van der Waals surface area (Å²) in [6, 6.07) is 9.81. The van der Waals surface area contributed by atoms with E-state index < -0.39 is 0 Å². The molecule has 19 heavy (non-hydrogen) atoms. The van der Waals surface area contributed by atoms with Crippen molar-refractivity contribution in [2.75, 3.05) is 6.61 Å². The molecule has 2 aromatic rings. The van der Waals surface area contributed by atoms with Crippen molar-refractivity contribution in [2.24, 2.45) is 0 Å². The van der Waals surface area contributed by atoms with E-state index in [-0.39, 0.29) is 17.6 Å². The summed E-state index contributed by atoms with van der Waals surface area (Å²) in [5, 5.41) is 19.3. The Bertz CT molecular complexity index is 622. The molecule has 0 aliphatic carbocycles. The Morgan fingerprint density at radius 1 is 0.947 bits per heavy atom. The lowest BCUT2D eigenvalue weighted by atomic mass is 10.0. The maximum Gasteiger partial charge on any atom is 0.130 e. The molecule has 3 rings (SSSR count). The Kier molecular flexibility index (Phi) is 2.71. The molecule has 1 unspecified atom stereocenters. The Balaban J connectivity index is 2.24. The van der Waals surface area contributed by atoms with Crippen LogP contribution in [0, 0.1) is 0 Å². The van der Waals surface area contributed by atoms with Crippen LogP contribution in [0.4, 0.5) is 0 Å². The number of phenols is 2. The first-order valence-electron chi connectivity index (χ1n) is 6.09. The first-order chi connectivity index (χ1) is 9.13. The van der Waals surface area contributed by atoms with Crippen molar-refractivity contribution < 1.29 is 19.7 Å². The number of ether oxygens (including phenoxy) is 2. The predicted molar refractivity (Wildman–Crippen MR) is 70.8 cm³/mol. The van der Waals surface area contributed by atoms with Crippen LogP contribution in [0.2, 0.25) is 0 Å². The highest BCUT2D eigenvalue weighted by Gasteiger charge is 2.19. The lowest BCUT2D eigenvalue weighted by Crippen LogP contribution is -2.23. The minimum absolute atomic E-state index is 0.0924. The number of benzene rings is 2. The molecule has 98 valence electrons. The molecular formula is C15H14O4. The summed E-state index contributed by atoms with van der Waals surface area (Å²) in [5.74, 6) is 1.62. The van der Waals surface area contributed by atoms with E-state index in [4.69, 9.17) is 9.47 Å². The van der Waals surface area contributed by atoms with Crippen LogP contribution in [0.5, 0.6) is 23.0 Å². The Morgan fingerprint density at radius 3 is 2.21 bits per heavy atom. The molecule has 0 saturated heterocycles. The van der Waals surface area contributed by atoms with Gasteiger partial charge in [-0.3, -0.25) is 0 Å². The van der Waals surface area contributed by atoms with Crippen molar-refractivity contribution in [3.63, 3.8) is 0 Å². The van der Waals surface area contributed by atoms with E-state index >= 15 is 0 Å². The van der Waals surface area contributed by atoms with Gasteiger partial charge in [-0.2, -0.15) is 0 Å². The lowest BCUT2D eigenvalue weighted by molar-refractivity contribution is 0.141. The molecule has 0 radical (unpaired) electrons. The van der Waals surface area contributed by atoms with E-state index in [1.165, 1.54) is 0 Å². The highest BCUT2D eigenvalue weighted by atomic mass is 16.5. The molecule has 0 fully saturated rings. The highest BCUT2D eigenvalue weighted by molar-refractivity contribution is 5.78. The highest BCUT2D eigenvalue weighted by Crippen LogP contribution is 2.41. The molecular weight excluding hydrogens is 244 g/mol. The first kappa shape index (κ1) is 11.7. The molecule has 4 heteroatoms. The van der Waals surface area contributed by atoms with Gasteiger partial charge in [0.2, 0.25) is 0 Å². The van der Waals surface area contributed by atoms with Gasteiger partial charge in [0.1, 0.15) is 35.7 Å². The van der Waals surface area contributed by atoms with E-state index in [9.17, 15) is 10.2 Å². The van der Waals surface area contributed by atoms with Crippen LogP contribution in [0.3, 0.4) is 0 Å². The van der Waals surface area contributed by atoms with Crippen molar-refractivity contribution >= 4 is 0 Å². The molecule has 0 aromatic heterocycles. The number of hydrogen-bond donors (Lipinski definition) is 2. The van der Waals surface area contributed by atoms with Gasteiger partial charge in [0, 0.05) is 11.1 Å². The van der Waals surface area contributed by atoms with Gasteiger partial charge in [-0.25, -0.2) is 0 Å². The molecule has 2 aromatic carbocycles. The molecule has 2 N–H and O–H groups in total. The van der Waals surface area contributed by atoms with Crippen molar-refractivity contribution in [1.82, 2.24) is 0 Å². The summed E-state index contributed by atoms with van der Waals surface area (Å²) >= 11 is 0. The molecule has 0 spiro atoms. The topological polar surface area (TPSA) is 58.9 Å². The van der Waals surface area contributed by atoms with E-state index in [0.29, 0.717) is 29.2 Å². The van der Waals surface area contributed by atoms with Crippen molar-refractivity contribution in [3.8, 4) is 34.1 Å². The third-order valence-corrected chi connectivity index (χ3v) is 3.02. The standard InChI is InChI=1S/C15H14O4/c1-9-8-18-14-4-2-10(16)6-12(14)13-7-11(17)3-5-15(13)19-9/h2-7,9,16-17H,8H2,1H3. The fourth-order valence-corrected chi connectivity index (χ4v) is 2.14. The fraction of sp³-hybridized carbons (Fsp3) is 0.200. The van der Waals surface area contributed by atoms with E-state index in [2.05, 4.69) is 0 Å². The molecule has 0 saturated carbocycles. The van der Waals surface area contributed by atoms with Crippen molar-refractivity contribution in [1.29, 1.82) is 0 Å². The number of aromatic hydroxyl groups is 2. The van der Waals surface area contributed by atoms with Gasteiger partial charge in [-0.1, -0.05) is 0 Å². The van der Waals surface area contributed by atoms with E-state index in [1.807, 2.05) is 6.92 Å². The quantitative estimate of drug-likeness (QED) is 0.762. The van der Waals surface area contributed by atoms with Gasteiger partial charge >= 0.3 is 0 Å². The summed E-state index contributed by atoms with van der Waals surface area (Å²) in [4.78, 5) is 0. The molecule has 1 heterocycles. The lowest BCUT2D eigenvalue weighted by Gasteiger charge is -2.23. The second-order valence-electron chi connectivity index (χ2n) is 4.60. The van der Waals surface area contributed by atoms with Crippen LogP contribution >= 0.6 is 0 Å². The second-order valence-corrected chi connectivity index (χ2v) is 4.60. The predicted octanol–water partition coefficient (Wildman–Crippen LogP) is 2.92. The van der Waals surface area contributed by atoms with Crippen LogP contribution in [0.25, 0.3) is 11.1 Å². The minimum atomic E-state index is -0.0924. The third kappa shape index (κ3) is 2.17. The monoisotopic (exact) mass is 258 g/mol. The van der Waals surface area contributed by atoms with Crippen LogP contribution in [-0.2, 0) is 0 Å². The van der Waals surface area contributed by atoms with Gasteiger partial charge in [0.25, 0.3) is 0 Å². The van der Waals surface area contributed by atoms with E-state index in [1.54, 1.807) is 36.4 Å². The normalized spacial score (nSPS) is 17.2. The average Bonchev–Trinajstić information content (AvgIpc) is 2.38. The first-order valence-corrected chi connectivity index (χ1v) is 6.09. The smallest absolute Gasteiger partial charge is 0.130 e. The van der Waals surface area contributed by atoms with Gasteiger partial charge in [0.05, 0.1) is 0 Å². The minimum Gasteiger partial charge on any atom is -0.508 e. The molecule has 1 aliphatic rings. The van der Waals surface area contributed by atoms with Crippen molar-refractivity contribution in [2.45, 2.75) is 13.0 Å². The Labute approximate surface area is 110 Å². The second kappa shape index (κ2) is 4.39.